The predicted molar refractivity (Wildman–Crippen MR) is 290 cm³/mol. The van der Waals surface area contributed by atoms with Gasteiger partial charge in [-0.25, -0.2) is 27.5 Å². The van der Waals surface area contributed by atoms with Gasteiger partial charge in [0.15, 0.2) is 46.3 Å². The SMILES string of the molecule is C=CC(=O)Nc1cncc(C)c1Nc1cc2cc(NC)c(C(=O)c3c(F)c(OC)c(C4CC4Nc4cc5cc(NC6COCCC6NC(=O)C=C)ncc5cc4C(=O)c4c(F)c(OC)cc(OC)c4F)c(OC)c3F)cc2cn1. The van der Waals surface area contributed by atoms with Crippen molar-refractivity contribution in [1.29, 1.82) is 0 Å². The Morgan fingerprint density at radius 2 is 1.23 bits per heavy atom. The third-order valence-electron chi connectivity index (χ3n) is 13.8. The van der Waals surface area contributed by atoms with Gasteiger partial charge in [-0.2, -0.15) is 0 Å². The number of carbonyl (C=O) groups excluding carboxylic acids is 4. The standard InChI is InChI=1S/C57H53F4N9O9/c1-9-44(71)68-34-11-12-79-25-39(34)67-42-17-28-16-36(33(14-30(28)22-64-42)55(74)47-49(58)40(75-5)20-41(76-6)50(47)59)66-37-19-31(37)46-56(77-7)51(60)48(52(61)57(46)78-8)54(73)32-13-29-23-65-43(18-27(29)15-35(32)62-4)70-53-26(3)21-63-24-38(53)69-45(72)10-2/h9-10,13-18,20-24,31,34,37,39,62,66H,1-2,11-12,19,25H2,3-8H3,(H,64,67)(H,68,71)(H,69,72)(H,63,65,70). The van der Waals surface area contributed by atoms with E-state index in [2.05, 4.69) is 60.0 Å². The minimum absolute atomic E-state index is 0.0611. The monoisotopic (exact) mass is 1080 g/mol. The van der Waals surface area contributed by atoms with Crippen molar-refractivity contribution < 1.29 is 60.4 Å². The molecule has 4 aromatic carbocycles. The Kier molecular flexibility index (Phi) is 15.7. The van der Waals surface area contributed by atoms with Gasteiger partial charge in [-0.3, -0.25) is 24.2 Å². The quantitative estimate of drug-likeness (QED) is 0.0238. The molecule has 18 nitrogen and oxygen atoms in total. The fraction of sp³-hybridized carbons (Fsp3) is 0.246. The molecule has 4 atom stereocenters. The first-order valence-corrected chi connectivity index (χ1v) is 24.6. The molecule has 0 radical (unpaired) electrons. The maximum Gasteiger partial charge on any atom is 0.247 e. The number of ether oxygens (including phenoxy) is 5. The van der Waals surface area contributed by atoms with Crippen LogP contribution in [-0.2, 0) is 14.3 Å². The summed E-state index contributed by atoms with van der Waals surface area (Å²) < 4.78 is 93.4. The van der Waals surface area contributed by atoms with Crippen molar-refractivity contribution >= 4 is 79.3 Å². The van der Waals surface area contributed by atoms with Gasteiger partial charge in [0.25, 0.3) is 0 Å². The molecule has 1 saturated heterocycles. The molecular formula is C57H53F4N9O9. The number of nitrogens with zero attached hydrogens (tertiary/aromatic N) is 3. The summed E-state index contributed by atoms with van der Waals surface area (Å²) in [6, 6.07) is 8.94. The lowest BCUT2D eigenvalue weighted by Crippen LogP contribution is -2.52. The third-order valence-corrected chi connectivity index (χ3v) is 13.8. The van der Waals surface area contributed by atoms with Gasteiger partial charge in [0.2, 0.25) is 23.4 Å². The first-order chi connectivity index (χ1) is 38.1. The zero-order chi connectivity index (χ0) is 56.4. The number of methoxy groups -OCH3 is 4. The van der Waals surface area contributed by atoms with E-state index >= 15 is 17.6 Å². The Morgan fingerprint density at radius 3 is 1.82 bits per heavy atom. The third kappa shape index (κ3) is 10.6. The summed E-state index contributed by atoms with van der Waals surface area (Å²) in [6.45, 7) is 9.48. The van der Waals surface area contributed by atoms with Crippen LogP contribution in [0.4, 0.5) is 51.9 Å². The normalized spacial score (nSPS) is 16.5. The van der Waals surface area contributed by atoms with Crippen LogP contribution in [-0.4, -0.2) is 105 Å². The molecule has 7 aromatic rings. The van der Waals surface area contributed by atoms with Crippen molar-refractivity contribution in [2.45, 2.75) is 43.8 Å². The van der Waals surface area contributed by atoms with Crippen LogP contribution in [0.25, 0.3) is 21.5 Å². The second kappa shape index (κ2) is 22.7. The molecule has 0 spiro atoms. The van der Waals surface area contributed by atoms with Gasteiger partial charge in [-0.15, -0.1) is 0 Å². The topological polar surface area (TPSA) is 225 Å². The molecule has 9 rings (SSSR count). The number of ketones is 2. The maximum atomic E-state index is 17.1. The smallest absolute Gasteiger partial charge is 0.247 e. The number of amides is 2. The van der Waals surface area contributed by atoms with Crippen LogP contribution in [0.15, 0.2) is 92.6 Å². The molecule has 1 aliphatic carbocycles. The van der Waals surface area contributed by atoms with Crippen LogP contribution in [0.3, 0.4) is 0 Å². The highest BCUT2D eigenvalue weighted by atomic mass is 19.1. The highest BCUT2D eigenvalue weighted by molar-refractivity contribution is 6.16. The summed E-state index contributed by atoms with van der Waals surface area (Å²) in [7, 11) is 6.16. The van der Waals surface area contributed by atoms with Crippen molar-refractivity contribution in [3.05, 3.63) is 149 Å². The van der Waals surface area contributed by atoms with Gasteiger partial charge in [-0.1, -0.05) is 13.2 Å². The van der Waals surface area contributed by atoms with E-state index in [9.17, 15) is 19.2 Å². The summed E-state index contributed by atoms with van der Waals surface area (Å²) in [5.41, 5.74) is -0.400. The Bertz CT molecular complexity index is 3600. The van der Waals surface area contributed by atoms with Crippen LogP contribution in [0.1, 0.15) is 61.7 Å². The van der Waals surface area contributed by atoms with Gasteiger partial charge in [0.05, 0.1) is 64.7 Å². The number of aromatic nitrogens is 3. The fourth-order valence-electron chi connectivity index (χ4n) is 9.68. The molecule has 2 amide bonds. The van der Waals surface area contributed by atoms with E-state index in [1.165, 1.54) is 36.8 Å². The summed E-state index contributed by atoms with van der Waals surface area (Å²) in [6.07, 6.45) is 8.99. The van der Waals surface area contributed by atoms with Gasteiger partial charge in [0.1, 0.15) is 22.8 Å². The number of pyridine rings is 3. The Hall–Kier alpha value is -9.31. The molecule has 2 fully saturated rings. The highest BCUT2D eigenvalue weighted by Crippen LogP contribution is 2.53. The van der Waals surface area contributed by atoms with Crippen molar-refractivity contribution in [3.63, 3.8) is 0 Å². The minimum atomic E-state index is -1.31. The van der Waals surface area contributed by atoms with E-state index in [1.807, 2.05) is 0 Å². The summed E-state index contributed by atoms with van der Waals surface area (Å²) in [5.74, 6) is -10.0. The van der Waals surface area contributed by atoms with Crippen LogP contribution >= 0.6 is 0 Å². The largest absolute Gasteiger partial charge is 0.494 e. The summed E-state index contributed by atoms with van der Waals surface area (Å²) in [4.78, 5) is 66.7. The maximum absolute atomic E-state index is 17.1. The number of hydrogen-bond donors (Lipinski definition) is 6. The number of anilines is 6. The second-order valence-corrected chi connectivity index (χ2v) is 18.5. The van der Waals surface area contributed by atoms with Crippen molar-refractivity contribution in [2.75, 3.05) is 75.3 Å². The van der Waals surface area contributed by atoms with E-state index < -0.39 is 92.9 Å². The van der Waals surface area contributed by atoms with Gasteiger partial charge in [0, 0.05) is 89.1 Å². The Labute approximate surface area is 449 Å². The average molecular weight is 1080 g/mol. The molecule has 2 aliphatic rings. The van der Waals surface area contributed by atoms with E-state index in [-0.39, 0.29) is 53.0 Å². The first-order valence-electron chi connectivity index (χ1n) is 24.6. The molecule has 4 unspecified atom stereocenters. The van der Waals surface area contributed by atoms with Crippen LogP contribution in [0.2, 0.25) is 0 Å². The van der Waals surface area contributed by atoms with E-state index in [0.717, 1.165) is 40.6 Å². The zero-order valence-corrected chi connectivity index (χ0v) is 43.6. The molecule has 6 N–H and O–H groups in total. The first kappa shape index (κ1) is 54.5. The van der Waals surface area contributed by atoms with E-state index in [1.54, 1.807) is 44.4 Å². The van der Waals surface area contributed by atoms with E-state index in [0.29, 0.717) is 63.1 Å². The number of nitrogens with one attached hydrogen (secondary N) is 6. The highest BCUT2D eigenvalue weighted by Gasteiger charge is 2.46. The summed E-state index contributed by atoms with van der Waals surface area (Å²) >= 11 is 0. The number of fused-ring (bicyclic) bond motifs is 2. The van der Waals surface area contributed by atoms with Gasteiger partial charge >= 0.3 is 0 Å². The molecule has 408 valence electrons. The molecule has 1 saturated carbocycles. The summed E-state index contributed by atoms with van der Waals surface area (Å²) in [5, 5.41) is 20.3. The van der Waals surface area contributed by atoms with Crippen LogP contribution < -0.4 is 50.8 Å². The molecule has 4 heterocycles. The minimum Gasteiger partial charge on any atom is -0.494 e. The molecule has 22 heteroatoms. The predicted octanol–water partition coefficient (Wildman–Crippen LogP) is 9.29. The number of rotatable bonds is 20. The lowest BCUT2D eigenvalue weighted by molar-refractivity contribution is -0.118. The molecule has 79 heavy (non-hydrogen) atoms. The number of halogens is 4. The lowest BCUT2D eigenvalue weighted by Gasteiger charge is -2.32. The molecule has 0 bridgehead atoms. The van der Waals surface area contributed by atoms with Gasteiger partial charge < -0.3 is 55.6 Å². The number of carbonyl (C=O) groups is 4. The molecule has 3 aromatic heterocycles. The van der Waals surface area contributed by atoms with Crippen molar-refractivity contribution in [3.8, 4) is 23.0 Å². The van der Waals surface area contributed by atoms with Crippen molar-refractivity contribution in [2.24, 2.45) is 0 Å². The molecule has 1 aliphatic heterocycles. The fourth-order valence-corrected chi connectivity index (χ4v) is 9.68. The van der Waals surface area contributed by atoms with Gasteiger partial charge in [-0.05, 0) is 84.7 Å². The Morgan fingerprint density at radius 1 is 0.646 bits per heavy atom. The number of benzene rings is 4. The second-order valence-electron chi connectivity index (χ2n) is 18.5. The lowest BCUT2D eigenvalue weighted by atomic mass is 9.94. The number of aryl methyl sites for hydroxylation is 1. The molecular weight excluding hydrogens is 1030 g/mol. The Balaban J connectivity index is 1.06. The zero-order valence-electron chi connectivity index (χ0n) is 43.6. The van der Waals surface area contributed by atoms with Crippen LogP contribution in [0, 0.1) is 30.2 Å². The average Bonchev–Trinajstić information content (AvgIpc) is 4.43. The van der Waals surface area contributed by atoms with E-state index in [4.69, 9.17) is 23.7 Å². The van der Waals surface area contributed by atoms with Crippen molar-refractivity contribution in [1.82, 2.24) is 20.3 Å². The van der Waals surface area contributed by atoms with Crippen LogP contribution in [0.5, 0.6) is 23.0 Å². The number of hydrogen-bond acceptors (Lipinski definition) is 16.